The topological polar surface area (TPSA) is 102 Å². The Bertz CT molecular complexity index is 720. The van der Waals surface area contributed by atoms with Gasteiger partial charge in [0.25, 0.3) is 0 Å². The third kappa shape index (κ3) is 2.93. The summed E-state index contributed by atoms with van der Waals surface area (Å²) >= 11 is 0. The number of cyclic esters (lactones) is 1. The zero-order valence-corrected chi connectivity index (χ0v) is 14.2. The van der Waals surface area contributed by atoms with E-state index in [1.807, 2.05) is 19.1 Å². The predicted octanol–water partition coefficient (Wildman–Crippen LogP) is 0.811. The van der Waals surface area contributed by atoms with Crippen molar-refractivity contribution in [3.8, 4) is 0 Å². The van der Waals surface area contributed by atoms with Gasteiger partial charge in [0.15, 0.2) is 0 Å². The van der Waals surface area contributed by atoms with Gasteiger partial charge in [-0.05, 0) is 25.0 Å². The largest absolute Gasteiger partial charge is 0.468 e. The lowest BCUT2D eigenvalue weighted by Gasteiger charge is -2.32. The van der Waals surface area contributed by atoms with E-state index in [9.17, 15) is 14.4 Å². The van der Waals surface area contributed by atoms with Crippen LogP contribution < -0.4 is 15.5 Å². The Labute approximate surface area is 145 Å². The van der Waals surface area contributed by atoms with Crippen molar-refractivity contribution >= 4 is 29.3 Å². The zero-order valence-electron chi connectivity index (χ0n) is 14.2. The average molecular weight is 347 g/mol. The molecular weight excluding hydrogens is 326 g/mol. The van der Waals surface area contributed by atoms with Crippen LogP contribution in [0.2, 0.25) is 0 Å². The molecule has 0 bridgehead atoms. The number of ether oxygens (including phenoxy) is 2. The Morgan fingerprint density at radius 3 is 2.84 bits per heavy atom. The van der Waals surface area contributed by atoms with Gasteiger partial charge in [-0.2, -0.15) is 0 Å². The number of carbonyl (C=O) groups excluding carboxylic acids is 3. The van der Waals surface area contributed by atoms with E-state index < -0.39 is 24.2 Å². The Hall–Kier alpha value is -2.61. The van der Waals surface area contributed by atoms with Crippen molar-refractivity contribution in [2.75, 3.05) is 30.0 Å². The van der Waals surface area contributed by atoms with Gasteiger partial charge < -0.3 is 20.1 Å². The summed E-state index contributed by atoms with van der Waals surface area (Å²) in [4.78, 5) is 39.3. The molecule has 0 spiro atoms. The first kappa shape index (κ1) is 17.2. The maximum Gasteiger partial charge on any atom is 0.414 e. The molecule has 1 saturated heterocycles. The van der Waals surface area contributed by atoms with Crippen molar-refractivity contribution < 1.29 is 23.9 Å². The molecule has 1 aromatic rings. The molecule has 2 aliphatic rings. The number of nitrogens with zero attached hydrogens (tertiary/aromatic N) is 2. The summed E-state index contributed by atoms with van der Waals surface area (Å²) in [5.74, 6) is -0.613. The van der Waals surface area contributed by atoms with Crippen LogP contribution in [0, 0.1) is 0 Å². The number of hydrogen-bond donors (Lipinski definition) is 1. The number of carbonyl (C=O) groups is 3. The van der Waals surface area contributed by atoms with Crippen molar-refractivity contribution in [2.24, 2.45) is 5.73 Å². The van der Waals surface area contributed by atoms with E-state index in [2.05, 4.69) is 4.74 Å². The van der Waals surface area contributed by atoms with E-state index in [1.165, 1.54) is 12.0 Å². The summed E-state index contributed by atoms with van der Waals surface area (Å²) in [5, 5.41) is 0. The quantitative estimate of drug-likeness (QED) is 0.809. The van der Waals surface area contributed by atoms with Crippen LogP contribution in [0.3, 0.4) is 0 Å². The molecular formula is C17H21N3O5. The normalized spacial score (nSPS) is 21.0. The maximum atomic E-state index is 12.4. The Morgan fingerprint density at radius 1 is 1.40 bits per heavy atom. The summed E-state index contributed by atoms with van der Waals surface area (Å²) in [6.45, 7) is 2.52. The first-order valence-corrected chi connectivity index (χ1v) is 8.21. The van der Waals surface area contributed by atoms with Crippen LogP contribution in [0.1, 0.15) is 18.9 Å². The number of hydrogen-bond acceptors (Lipinski definition) is 6. The Balaban J connectivity index is 1.94. The fourth-order valence-electron chi connectivity index (χ4n) is 3.30. The van der Waals surface area contributed by atoms with E-state index in [-0.39, 0.29) is 12.5 Å². The monoisotopic (exact) mass is 347 g/mol. The van der Waals surface area contributed by atoms with E-state index >= 15 is 0 Å². The fraction of sp³-hybridized carbons (Fsp3) is 0.471. The second kappa shape index (κ2) is 6.72. The maximum absolute atomic E-state index is 12.4. The molecule has 1 aromatic carbocycles. The standard InChI is InChI=1S/C17H21N3O5/c1-3-19-13(21)8-7-10-5-4-6-11(15(10)19)20-9-12(25-17(20)23)14(18)16(22)24-2/h4-6,12,14H,3,7-9,18H2,1-2H3/t12-,14?/m0/s1. The first-order chi connectivity index (χ1) is 12.0. The summed E-state index contributed by atoms with van der Waals surface area (Å²) < 4.78 is 9.87. The molecule has 2 amide bonds. The Morgan fingerprint density at radius 2 is 2.16 bits per heavy atom. The molecule has 134 valence electrons. The number of nitrogens with two attached hydrogens (primary N) is 1. The lowest BCUT2D eigenvalue weighted by atomic mass is 9.99. The lowest BCUT2D eigenvalue weighted by Crippen LogP contribution is -2.45. The molecule has 2 atom stereocenters. The van der Waals surface area contributed by atoms with Crippen LogP contribution in [0.15, 0.2) is 18.2 Å². The van der Waals surface area contributed by atoms with Crippen LogP contribution in [0.25, 0.3) is 0 Å². The van der Waals surface area contributed by atoms with Crippen molar-refractivity contribution in [1.82, 2.24) is 0 Å². The molecule has 1 fully saturated rings. The van der Waals surface area contributed by atoms with Crippen molar-refractivity contribution in [3.05, 3.63) is 23.8 Å². The predicted molar refractivity (Wildman–Crippen MR) is 90.4 cm³/mol. The number of fused-ring (bicyclic) bond motifs is 1. The van der Waals surface area contributed by atoms with Gasteiger partial charge in [0.1, 0.15) is 12.1 Å². The van der Waals surface area contributed by atoms with Gasteiger partial charge in [0, 0.05) is 13.0 Å². The molecule has 25 heavy (non-hydrogen) atoms. The Kier molecular flexibility index (Phi) is 4.63. The van der Waals surface area contributed by atoms with E-state index in [1.54, 1.807) is 11.0 Å². The van der Waals surface area contributed by atoms with Crippen molar-refractivity contribution in [2.45, 2.75) is 31.9 Å². The number of esters is 1. The highest BCUT2D eigenvalue weighted by molar-refractivity contribution is 6.04. The summed E-state index contributed by atoms with van der Waals surface area (Å²) in [5.41, 5.74) is 8.13. The van der Waals surface area contributed by atoms with Crippen LogP contribution in [0.4, 0.5) is 16.2 Å². The minimum Gasteiger partial charge on any atom is -0.468 e. The zero-order chi connectivity index (χ0) is 18.1. The highest BCUT2D eigenvalue weighted by atomic mass is 16.6. The average Bonchev–Trinajstić information content (AvgIpc) is 3.01. The molecule has 1 unspecified atom stereocenters. The van der Waals surface area contributed by atoms with E-state index in [4.69, 9.17) is 10.5 Å². The second-order valence-electron chi connectivity index (χ2n) is 6.00. The number of aryl methyl sites for hydroxylation is 1. The minimum atomic E-state index is -1.05. The highest BCUT2D eigenvalue weighted by Crippen LogP contribution is 2.39. The second-order valence-corrected chi connectivity index (χ2v) is 6.00. The van der Waals surface area contributed by atoms with Gasteiger partial charge in [0.05, 0.1) is 25.0 Å². The summed E-state index contributed by atoms with van der Waals surface area (Å²) in [6.07, 6.45) is -0.311. The van der Waals surface area contributed by atoms with Crippen molar-refractivity contribution in [3.63, 3.8) is 0 Å². The summed E-state index contributed by atoms with van der Waals surface area (Å²) in [7, 11) is 1.23. The van der Waals surface area contributed by atoms with Crippen LogP contribution in [-0.4, -0.2) is 50.3 Å². The molecule has 0 saturated carbocycles. The van der Waals surface area contributed by atoms with Crippen LogP contribution >= 0.6 is 0 Å². The SMILES string of the molecule is CCN1C(=O)CCc2cccc(N3C[C@@H](C(N)C(=O)OC)OC3=O)c21. The molecule has 3 rings (SSSR count). The fourth-order valence-corrected chi connectivity index (χ4v) is 3.30. The molecule has 0 radical (unpaired) electrons. The first-order valence-electron chi connectivity index (χ1n) is 8.21. The third-order valence-electron chi connectivity index (χ3n) is 4.59. The van der Waals surface area contributed by atoms with Gasteiger partial charge in [-0.15, -0.1) is 0 Å². The van der Waals surface area contributed by atoms with Gasteiger partial charge in [0.2, 0.25) is 5.91 Å². The number of rotatable bonds is 4. The molecule has 2 heterocycles. The number of anilines is 2. The van der Waals surface area contributed by atoms with Gasteiger partial charge in [-0.1, -0.05) is 12.1 Å². The highest BCUT2D eigenvalue weighted by Gasteiger charge is 2.41. The van der Waals surface area contributed by atoms with Crippen molar-refractivity contribution in [1.29, 1.82) is 0 Å². The number of benzene rings is 1. The molecule has 0 aromatic heterocycles. The number of methoxy groups -OCH3 is 1. The molecule has 8 heteroatoms. The molecule has 2 aliphatic heterocycles. The van der Waals surface area contributed by atoms with Gasteiger partial charge in [-0.25, -0.2) is 4.79 Å². The summed E-state index contributed by atoms with van der Waals surface area (Å²) in [6, 6.07) is 4.52. The lowest BCUT2D eigenvalue weighted by molar-refractivity contribution is -0.144. The third-order valence-corrected chi connectivity index (χ3v) is 4.59. The number of amides is 2. The van der Waals surface area contributed by atoms with Crippen LogP contribution in [0.5, 0.6) is 0 Å². The van der Waals surface area contributed by atoms with Gasteiger partial charge >= 0.3 is 12.1 Å². The van der Waals surface area contributed by atoms with E-state index in [0.717, 1.165) is 11.3 Å². The molecule has 0 aliphatic carbocycles. The van der Waals surface area contributed by atoms with E-state index in [0.29, 0.717) is 25.1 Å². The molecule has 8 nitrogen and oxygen atoms in total. The molecule has 2 N–H and O–H groups in total. The van der Waals surface area contributed by atoms with Gasteiger partial charge in [-0.3, -0.25) is 14.5 Å². The number of para-hydroxylation sites is 1. The van der Waals surface area contributed by atoms with Crippen LogP contribution in [-0.2, 0) is 25.5 Å². The minimum absolute atomic E-state index is 0.0258. The smallest absolute Gasteiger partial charge is 0.414 e.